The first kappa shape index (κ1) is 18.5. The van der Waals surface area contributed by atoms with Crippen LogP contribution in [0.15, 0.2) is 56.4 Å². The maximum absolute atomic E-state index is 12.5. The molecule has 0 aliphatic heterocycles. The number of aromatic amines is 1. The second-order valence-electron chi connectivity index (χ2n) is 6.11. The molecule has 0 aliphatic carbocycles. The lowest BCUT2D eigenvalue weighted by atomic mass is 10.2. The molecule has 2 aromatic heterocycles. The lowest BCUT2D eigenvalue weighted by Gasteiger charge is -2.08. The Balaban J connectivity index is 1.49. The van der Waals surface area contributed by atoms with E-state index < -0.39 is 0 Å². The summed E-state index contributed by atoms with van der Waals surface area (Å²) in [5, 5.41) is 6.04. The fourth-order valence-electron chi connectivity index (χ4n) is 2.91. The smallest absolute Gasteiger partial charge is 0.273 e. The Morgan fingerprint density at radius 2 is 2.00 bits per heavy atom. The number of benzene rings is 2. The summed E-state index contributed by atoms with van der Waals surface area (Å²) in [5.41, 5.74) is 0.898. The lowest BCUT2D eigenvalue weighted by molar-refractivity contribution is -0.116. The lowest BCUT2D eigenvalue weighted by Crippen LogP contribution is -2.31. The molecule has 0 saturated heterocycles. The number of H-pyrrole nitrogens is 1. The van der Waals surface area contributed by atoms with Crippen LogP contribution in [0.1, 0.15) is 6.42 Å². The molecule has 0 bridgehead atoms. The van der Waals surface area contributed by atoms with E-state index in [1.165, 1.54) is 4.68 Å². The van der Waals surface area contributed by atoms with Crippen LogP contribution >= 0.6 is 23.1 Å². The van der Waals surface area contributed by atoms with Crippen molar-refractivity contribution in [2.75, 3.05) is 11.6 Å². The highest BCUT2D eigenvalue weighted by Crippen LogP contribution is 2.29. The van der Waals surface area contributed by atoms with Gasteiger partial charge in [0.25, 0.3) is 11.1 Å². The van der Waals surface area contributed by atoms with E-state index in [9.17, 15) is 14.4 Å². The fourth-order valence-corrected chi connectivity index (χ4v) is 4.44. The number of thiazole rings is 1. The Morgan fingerprint density at radius 3 is 2.79 bits per heavy atom. The zero-order chi connectivity index (χ0) is 19.7. The van der Waals surface area contributed by atoms with Gasteiger partial charge in [-0.1, -0.05) is 23.9 Å². The molecule has 0 aliphatic rings. The van der Waals surface area contributed by atoms with Crippen molar-refractivity contribution in [3.05, 3.63) is 63.2 Å². The molecule has 4 aromatic rings. The predicted molar refractivity (Wildman–Crippen MR) is 113 cm³/mol. The van der Waals surface area contributed by atoms with E-state index in [-0.39, 0.29) is 30.0 Å². The number of amides is 1. The van der Waals surface area contributed by atoms with Gasteiger partial charge in [0, 0.05) is 12.1 Å². The van der Waals surface area contributed by atoms with Gasteiger partial charge in [-0.05, 0) is 36.6 Å². The van der Waals surface area contributed by atoms with E-state index in [1.54, 1.807) is 53.4 Å². The zero-order valence-corrected chi connectivity index (χ0v) is 16.5. The van der Waals surface area contributed by atoms with Gasteiger partial charge in [0.15, 0.2) is 4.34 Å². The minimum Gasteiger partial charge on any atom is -0.326 e. The van der Waals surface area contributed by atoms with Crippen molar-refractivity contribution in [1.82, 2.24) is 14.8 Å². The summed E-state index contributed by atoms with van der Waals surface area (Å²) in [5.74, 6) is -0.241. The van der Waals surface area contributed by atoms with Gasteiger partial charge >= 0.3 is 0 Å². The van der Waals surface area contributed by atoms with Gasteiger partial charge in [0.1, 0.15) is 0 Å². The summed E-state index contributed by atoms with van der Waals surface area (Å²) < 4.78 is 3.15. The summed E-state index contributed by atoms with van der Waals surface area (Å²) in [6.45, 7) is 0.0875. The second-order valence-corrected chi connectivity index (χ2v) is 8.19. The third kappa shape index (κ3) is 3.58. The average Bonchev–Trinajstić information content (AvgIpc) is 3.12. The summed E-state index contributed by atoms with van der Waals surface area (Å²) in [6.07, 6.45) is 2.03. The van der Waals surface area contributed by atoms with Crippen LogP contribution in [0, 0.1) is 0 Å². The van der Waals surface area contributed by atoms with Crippen LogP contribution in [-0.2, 0) is 11.3 Å². The van der Waals surface area contributed by atoms with Crippen molar-refractivity contribution in [1.29, 1.82) is 0 Å². The molecule has 2 heterocycles. The standard InChI is InChI=1S/C19H16N4O3S2/c1-27-19-21-14-7-6-11(10-15(14)28-19)20-16(24)8-9-23-18(26)13-5-3-2-4-12(13)17(25)22-23/h2-7,10H,8-9H2,1H3,(H,20,24)(H,22,25). The molecule has 0 unspecified atom stereocenters. The largest absolute Gasteiger partial charge is 0.326 e. The number of aromatic nitrogens is 3. The third-order valence-corrected chi connectivity index (χ3v) is 6.28. The number of rotatable bonds is 5. The number of hydrogen-bond donors (Lipinski definition) is 2. The molecule has 0 spiro atoms. The van der Waals surface area contributed by atoms with Crippen molar-refractivity contribution in [3.8, 4) is 0 Å². The van der Waals surface area contributed by atoms with Crippen LogP contribution in [0.2, 0.25) is 0 Å². The van der Waals surface area contributed by atoms with Gasteiger partial charge in [0.05, 0.1) is 27.5 Å². The molecule has 0 fully saturated rings. The SMILES string of the molecule is CSc1nc2ccc(NC(=O)CCn3[nH]c(=O)c4ccccc4c3=O)cc2s1. The first-order valence-corrected chi connectivity index (χ1v) is 10.6. The Kier molecular flexibility index (Phi) is 5.01. The van der Waals surface area contributed by atoms with E-state index in [0.29, 0.717) is 16.5 Å². The van der Waals surface area contributed by atoms with E-state index in [4.69, 9.17) is 0 Å². The van der Waals surface area contributed by atoms with Crippen LogP contribution in [0.25, 0.3) is 21.0 Å². The van der Waals surface area contributed by atoms with Crippen LogP contribution < -0.4 is 16.4 Å². The van der Waals surface area contributed by atoms with Gasteiger partial charge in [-0.3, -0.25) is 19.5 Å². The number of aryl methyl sites for hydroxylation is 1. The molecule has 2 N–H and O–H groups in total. The molecule has 1 amide bonds. The summed E-state index contributed by atoms with van der Waals surface area (Å²) in [6, 6.07) is 12.2. The first-order chi connectivity index (χ1) is 13.5. The molecule has 9 heteroatoms. The Hall–Kier alpha value is -2.91. The number of fused-ring (bicyclic) bond motifs is 2. The van der Waals surface area contributed by atoms with E-state index >= 15 is 0 Å². The topological polar surface area (TPSA) is 96.8 Å². The molecule has 28 heavy (non-hydrogen) atoms. The van der Waals surface area contributed by atoms with Gasteiger partial charge in [-0.25, -0.2) is 9.67 Å². The van der Waals surface area contributed by atoms with Crippen LogP contribution in [-0.4, -0.2) is 26.9 Å². The average molecular weight is 412 g/mol. The van der Waals surface area contributed by atoms with E-state index in [0.717, 1.165) is 14.6 Å². The minimum absolute atomic E-state index is 0.0605. The predicted octanol–water partition coefficient (Wildman–Crippen LogP) is 3.05. The third-order valence-electron chi connectivity index (χ3n) is 4.27. The molecular formula is C19H16N4O3S2. The Labute approximate surface area is 167 Å². The van der Waals surface area contributed by atoms with Gasteiger partial charge < -0.3 is 5.32 Å². The van der Waals surface area contributed by atoms with E-state index in [1.807, 2.05) is 18.4 Å². The quantitative estimate of drug-likeness (QED) is 0.491. The number of carbonyl (C=O) groups is 1. The minimum atomic E-state index is -0.351. The molecular weight excluding hydrogens is 396 g/mol. The number of hydrogen-bond acceptors (Lipinski definition) is 6. The molecule has 0 radical (unpaired) electrons. The van der Waals surface area contributed by atoms with Crippen molar-refractivity contribution in [3.63, 3.8) is 0 Å². The normalized spacial score (nSPS) is 11.2. The van der Waals surface area contributed by atoms with Crippen LogP contribution in [0.4, 0.5) is 5.69 Å². The van der Waals surface area contributed by atoms with Crippen molar-refractivity contribution in [2.24, 2.45) is 0 Å². The summed E-state index contributed by atoms with van der Waals surface area (Å²) in [7, 11) is 0. The van der Waals surface area contributed by atoms with Crippen molar-refractivity contribution >= 4 is 55.7 Å². The van der Waals surface area contributed by atoms with Crippen molar-refractivity contribution < 1.29 is 4.79 Å². The highest BCUT2D eigenvalue weighted by molar-refractivity contribution is 8.00. The first-order valence-electron chi connectivity index (χ1n) is 8.51. The van der Waals surface area contributed by atoms with Gasteiger partial charge in [0.2, 0.25) is 5.91 Å². The second kappa shape index (κ2) is 7.61. The number of thioether (sulfide) groups is 1. The Morgan fingerprint density at radius 1 is 1.21 bits per heavy atom. The van der Waals surface area contributed by atoms with Gasteiger partial charge in [-0.15, -0.1) is 11.3 Å². The number of nitrogens with one attached hydrogen (secondary N) is 2. The molecule has 142 valence electrons. The zero-order valence-electron chi connectivity index (χ0n) is 14.9. The molecule has 2 aromatic carbocycles. The summed E-state index contributed by atoms with van der Waals surface area (Å²) in [4.78, 5) is 41.4. The van der Waals surface area contributed by atoms with Crippen molar-refractivity contribution in [2.45, 2.75) is 17.3 Å². The summed E-state index contributed by atoms with van der Waals surface area (Å²) >= 11 is 3.15. The number of carbonyl (C=O) groups excluding carboxylic acids is 1. The highest BCUT2D eigenvalue weighted by Gasteiger charge is 2.10. The maximum Gasteiger partial charge on any atom is 0.273 e. The maximum atomic E-state index is 12.5. The number of anilines is 1. The highest BCUT2D eigenvalue weighted by atomic mass is 32.2. The molecule has 7 nitrogen and oxygen atoms in total. The number of nitrogens with zero attached hydrogens (tertiary/aromatic N) is 2. The fraction of sp³-hybridized carbons (Fsp3) is 0.158. The van der Waals surface area contributed by atoms with Crippen LogP contribution in [0.3, 0.4) is 0 Å². The molecule has 0 saturated carbocycles. The van der Waals surface area contributed by atoms with Gasteiger partial charge in [-0.2, -0.15) is 0 Å². The van der Waals surface area contributed by atoms with E-state index in [2.05, 4.69) is 15.4 Å². The molecule has 0 atom stereocenters. The van der Waals surface area contributed by atoms with Crippen LogP contribution in [0.5, 0.6) is 0 Å². The Bertz CT molecular complexity index is 1310. The molecule has 4 rings (SSSR count). The monoisotopic (exact) mass is 412 g/mol.